The number of benzene rings is 2. The standard InChI is InChI=1S/C26H20F2N6O3S/c27-16-6-7-17(19(28)12-16)18-13-20(15-4-2-1-3-5-15)30-26-22(18)23(29)24(38-26)25(35)31-21-14-34(32-37-21)33-8-10-36-11-9-33/h1-7,12-14H,8-11H2,(H2-,29,31,32,35)/p+1. The molecule has 9 nitrogen and oxygen atoms in total. The molecule has 12 heteroatoms. The van der Waals surface area contributed by atoms with Crippen LogP contribution in [0.25, 0.3) is 32.6 Å². The molecular weight excluding hydrogens is 514 g/mol. The molecule has 4 heterocycles. The number of ether oxygens (including phenoxy) is 1. The first-order chi connectivity index (χ1) is 18.5. The van der Waals surface area contributed by atoms with Crippen molar-refractivity contribution < 1.29 is 27.6 Å². The Morgan fingerprint density at radius 3 is 2.63 bits per heavy atom. The number of fused-ring (bicyclic) bond motifs is 1. The van der Waals surface area contributed by atoms with Gasteiger partial charge in [-0.05, 0) is 23.8 Å². The number of carbonyl (C=O) groups is 1. The average Bonchev–Trinajstić information content (AvgIpc) is 3.54. The van der Waals surface area contributed by atoms with Crippen molar-refractivity contribution in [2.45, 2.75) is 0 Å². The first-order valence-electron chi connectivity index (χ1n) is 11.7. The molecule has 2 aromatic carbocycles. The van der Waals surface area contributed by atoms with E-state index in [1.165, 1.54) is 16.9 Å². The molecular formula is C26H21F2N6O3S+. The van der Waals surface area contributed by atoms with Crippen molar-refractivity contribution in [2.75, 3.05) is 42.4 Å². The van der Waals surface area contributed by atoms with E-state index in [0.29, 0.717) is 47.8 Å². The summed E-state index contributed by atoms with van der Waals surface area (Å²) in [5, 5.41) is 8.95. The zero-order valence-electron chi connectivity index (χ0n) is 19.9. The quantitative estimate of drug-likeness (QED) is 0.328. The second kappa shape index (κ2) is 9.80. The average molecular weight is 536 g/mol. The monoisotopic (exact) mass is 535 g/mol. The lowest BCUT2D eigenvalue weighted by Gasteiger charge is -2.18. The van der Waals surface area contributed by atoms with E-state index in [4.69, 9.17) is 20.0 Å². The van der Waals surface area contributed by atoms with Crippen LogP contribution in [0.2, 0.25) is 0 Å². The van der Waals surface area contributed by atoms with Gasteiger partial charge in [-0.15, -0.1) is 16.3 Å². The summed E-state index contributed by atoms with van der Waals surface area (Å²) >= 11 is 1.07. The zero-order chi connectivity index (χ0) is 26.2. The van der Waals surface area contributed by atoms with E-state index in [1.54, 1.807) is 12.3 Å². The number of nitrogens with two attached hydrogens (primary N) is 1. The Labute approximate surface area is 219 Å². The molecule has 1 fully saturated rings. The third kappa shape index (κ3) is 4.44. The summed E-state index contributed by atoms with van der Waals surface area (Å²) < 4.78 is 39.2. The van der Waals surface area contributed by atoms with Crippen molar-refractivity contribution in [2.24, 2.45) is 0 Å². The van der Waals surface area contributed by atoms with E-state index in [2.05, 4.69) is 10.6 Å². The second-order valence-corrected chi connectivity index (χ2v) is 9.58. The number of nitrogens with one attached hydrogen (secondary N) is 1. The highest BCUT2D eigenvalue weighted by atomic mass is 32.1. The Morgan fingerprint density at radius 2 is 1.87 bits per heavy atom. The molecule has 1 aliphatic rings. The number of pyridine rings is 1. The second-order valence-electron chi connectivity index (χ2n) is 8.58. The molecule has 0 saturated carbocycles. The van der Waals surface area contributed by atoms with Crippen molar-refractivity contribution in [3.05, 3.63) is 77.3 Å². The van der Waals surface area contributed by atoms with Crippen LogP contribution in [0.4, 0.5) is 20.4 Å². The van der Waals surface area contributed by atoms with Crippen LogP contribution in [0, 0.1) is 11.6 Å². The van der Waals surface area contributed by atoms with Crippen molar-refractivity contribution in [3.8, 4) is 22.4 Å². The van der Waals surface area contributed by atoms with Crippen molar-refractivity contribution in [1.82, 2.24) is 10.3 Å². The number of hydrogen-bond donors (Lipinski definition) is 2. The SMILES string of the molecule is Nc1c(C(=O)Nc2c[n+](N3CCOCC3)no2)sc2nc(-c3ccccc3)cc(-c3ccc(F)cc3F)c12. The number of aromatic nitrogens is 3. The molecule has 1 aliphatic heterocycles. The van der Waals surface area contributed by atoms with Crippen LogP contribution in [0.1, 0.15) is 9.67 Å². The summed E-state index contributed by atoms with van der Waals surface area (Å²) in [5.41, 5.74) is 8.51. The van der Waals surface area contributed by atoms with Crippen LogP contribution in [0.5, 0.6) is 0 Å². The molecule has 0 atom stereocenters. The number of nitrogens with zero attached hydrogens (tertiary/aromatic N) is 4. The minimum atomic E-state index is -0.748. The molecule has 0 bridgehead atoms. The number of rotatable bonds is 5. The lowest BCUT2D eigenvalue weighted by atomic mass is 9.99. The smallest absolute Gasteiger partial charge is 0.306 e. The molecule has 5 aromatic rings. The van der Waals surface area contributed by atoms with Crippen LogP contribution in [0.15, 0.2) is 65.3 Å². The Morgan fingerprint density at radius 1 is 1.08 bits per heavy atom. The van der Waals surface area contributed by atoms with E-state index < -0.39 is 17.5 Å². The first kappa shape index (κ1) is 23.9. The van der Waals surface area contributed by atoms with E-state index in [-0.39, 0.29) is 22.0 Å². The molecule has 1 amide bonds. The summed E-state index contributed by atoms with van der Waals surface area (Å²) in [6.45, 7) is 2.39. The number of halogens is 2. The number of morpholine rings is 1. The molecule has 6 rings (SSSR count). The number of carbonyl (C=O) groups excluding carboxylic acids is 1. The van der Waals surface area contributed by atoms with Crippen molar-refractivity contribution in [1.29, 1.82) is 0 Å². The van der Waals surface area contributed by atoms with Crippen LogP contribution in [-0.2, 0) is 4.74 Å². The maximum Gasteiger partial charge on any atom is 0.306 e. The molecule has 0 radical (unpaired) electrons. The minimum Gasteiger partial charge on any atom is -0.397 e. The van der Waals surface area contributed by atoms with Gasteiger partial charge < -0.3 is 10.5 Å². The highest BCUT2D eigenvalue weighted by molar-refractivity contribution is 7.21. The van der Waals surface area contributed by atoms with E-state index >= 15 is 0 Å². The van der Waals surface area contributed by atoms with Gasteiger partial charge in [0.15, 0.2) is 0 Å². The lowest BCUT2D eigenvalue weighted by Crippen LogP contribution is -2.62. The molecule has 38 heavy (non-hydrogen) atoms. The molecule has 3 N–H and O–H groups in total. The topological polar surface area (TPSA) is 110 Å². The molecule has 1 saturated heterocycles. The van der Waals surface area contributed by atoms with Crippen LogP contribution >= 0.6 is 11.3 Å². The Kier molecular flexibility index (Phi) is 6.18. The third-order valence-electron chi connectivity index (χ3n) is 6.17. The number of thiophene rings is 1. The summed E-state index contributed by atoms with van der Waals surface area (Å²) in [6, 6.07) is 14.4. The van der Waals surface area contributed by atoms with Gasteiger partial charge in [0.1, 0.15) is 21.3 Å². The molecule has 192 valence electrons. The molecule has 0 spiro atoms. The summed E-state index contributed by atoms with van der Waals surface area (Å²) in [4.78, 5) is 20.1. The predicted molar refractivity (Wildman–Crippen MR) is 138 cm³/mol. The van der Waals surface area contributed by atoms with Gasteiger partial charge in [0.25, 0.3) is 12.1 Å². The maximum absolute atomic E-state index is 14.9. The fourth-order valence-electron chi connectivity index (χ4n) is 4.32. The maximum atomic E-state index is 14.9. The Hall–Kier alpha value is -4.42. The number of amides is 1. The predicted octanol–water partition coefficient (Wildman–Crippen LogP) is 3.99. The third-order valence-corrected chi connectivity index (χ3v) is 7.26. The molecule has 0 aliphatic carbocycles. The Balaban J connectivity index is 1.41. The van der Waals surface area contributed by atoms with Gasteiger partial charge in [-0.1, -0.05) is 30.3 Å². The number of anilines is 2. The normalized spacial score (nSPS) is 13.7. The van der Waals surface area contributed by atoms with Gasteiger partial charge in [0.05, 0.1) is 42.5 Å². The van der Waals surface area contributed by atoms with Crippen LogP contribution < -0.4 is 20.9 Å². The summed E-state index contributed by atoms with van der Waals surface area (Å²) in [6.07, 6.45) is 1.55. The fraction of sp³-hybridized carbons (Fsp3) is 0.154. The summed E-state index contributed by atoms with van der Waals surface area (Å²) in [7, 11) is 0. The molecule has 0 unspecified atom stereocenters. The zero-order valence-corrected chi connectivity index (χ0v) is 20.7. The summed E-state index contributed by atoms with van der Waals surface area (Å²) in [5.74, 6) is -1.84. The van der Waals surface area contributed by atoms with Gasteiger partial charge in [0.2, 0.25) is 5.27 Å². The van der Waals surface area contributed by atoms with Crippen LogP contribution in [0.3, 0.4) is 0 Å². The van der Waals surface area contributed by atoms with Crippen LogP contribution in [-0.4, -0.2) is 42.5 Å². The Bertz CT molecular complexity index is 1650. The molecule has 3 aromatic heterocycles. The van der Waals surface area contributed by atoms with Gasteiger partial charge in [-0.25, -0.2) is 13.8 Å². The highest BCUT2D eigenvalue weighted by Crippen LogP contribution is 2.42. The highest BCUT2D eigenvalue weighted by Gasteiger charge is 2.27. The van der Waals surface area contributed by atoms with E-state index in [1.807, 2.05) is 35.3 Å². The van der Waals surface area contributed by atoms with Crippen molar-refractivity contribution in [3.63, 3.8) is 0 Å². The largest absolute Gasteiger partial charge is 0.397 e. The lowest BCUT2D eigenvalue weighted by molar-refractivity contribution is -0.759. The van der Waals surface area contributed by atoms with Gasteiger partial charge in [-0.2, -0.15) is 0 Å². The first-order valence-corrected chi connectivity index (χ1v) is 12.6. The van der Waals surface area contributed by atoms with E-state index in [9.17, 15) is 13.6 Å². The van der Waals surface area contributed by atoms with Crippen molar-refractivity contribution >= 4 is 39.0 Å². The minimum absolute atomic E-state index is 0.126. The van der Waals surface area contributed by atoms with Gasteiger partial charge in [0, 0.05) is 22.6 Å². The van der Waals surface area contributed by atoms with Gasteiger partial charge >= 0.3 is 5.88 Å². The van der Waals surface area contributed by atoms with E-state index in [0.717, 1.165) is 23.0 Å². The number of nitrogen functional groups attached to an aromatic ring is 1. The number of hydrogen-bond acceptors (Lipinski definition) is 8. The fourth-order valence-corrected chi connectivity index (χ4v) is 5.34. The van der Waals surface area contributed by atoms with Gasteiger partial charge in [-0.3, -0.25) is 14.6 Å².